The lowest BCUT2D eigenvalue weighted by molar-refractivity contribution is 0.649. The Kier molecular flexibility index (Phi) is 6.59. The van der Waals surface area contributed by atoms with Gasteiger partial charge < -0.3 is 8.98 Å². The van der Waals surface area contributed by atoms with E-state index in [1.165, 1.54) is 32.9 Å². The largest absolute Gasteiger partial charge is 0.456 e. The Bertz CT molecular complexity index is 2790. The normalized spacial score (nSPS) is 14.6. The maximum absolute atomic E-state index is 6.27. The highest BCUT2D eigenvalue weighted by atomic mass is 16.3. The highest BCUT2D eigenvalue weighted by Crippen LogP contribution is 2.41. The number of aromatic nitrogens is 3. The minimum absolute atomic E-state index is 0.0859. The van der Waals surface area contributed by atoms with E-state index in [0.717, 1.165) is 56.4 Å². The summed E-state index contributed by atoms with van der Waals surface area (Å²) >= 11 is 0. The fourth-order valence-corrected chi connectivity index (χ4v) is 7.62. The van der Waals surface area contributed by atoms with Crippen LogP contribution in [0.4, 0.5) is 0 Å². The van der Waals surface area contributed by atoms with E-state index in [2.05, 4.69) is 150 Å². The van der Waals surface area contributed by atoms with Crippen LogP contribution in [0.5, 0.6) is 0 Å². The predicted molar refractivity (Wildman–Crippen MR) is 206 cm³/mol. The van der Waals surface area contributed by atoms with Crippen LogP contribution in [-0.4, -0.2) is 14.5 Å². The van der Waals surface area contributed by atoms with Crippen LogP contribution in [0.3, 0.4) is 0 Å². The number of rotatable bonds is 5. The molecule has 1 aliphatic carbocycles. The Morgan fingerprint density at radius 1 is 0.540 bits per heavy atom. The lowest BCUT2D eigenvalue weighted by Gasteiger charge is -2.21. The first-order valence-electron chi connectivity index (χ1n) is 17.1. The summed E-state index contributed by atoms with van der Waals surface area (Å²) in [4.78, 5) is 10.4. The average molecular weight is 642 g/mol. The maximum Gasteiger partial charge on any atom is 0.160 e. The van der Waals surface area contributed by atoms with Gasteiger partial charge in [0.05, 0.1) is 22.9 Å². The van der Waals surface area contributed by atoms with Crippen LogP contribution in [0.1, 0.15) is 18.3 Å². The molecule has 6 aromatic carbocycles. The van der Waals surface area contributed by atoms with Crippen LogP contribution < -0.4 is 0 Å². The summed E-state index contributed by atoms with van der Waals surface area (Å²) in [5, 5.41) is 4.76. The number of furan rings is 1. The van der Waals surface area contributed by atoms with Crippen LogP contribution in [0.2, 0.25) is 0 Å². The number of para-hydroxylation sites is 2. The Hall–Kier alpha value is -6.52. The summed E-state index contributed by atoms with van der Waals surface area (Å²) in [5.74, 6) is 0.706. The summed E-state index contributed by atoms with van der Waals surface area (Å²) < 4.78 is 8.77. The molecule has 1 atom stereocenters. The minimum atomic E-state index is 0.0859. The molecule has 0 radical (unpaired) electrons. The number of hydrogen-bond donors (Lipinski definition) is 0. The molecule has 1 unspecified atom stereocenters. The van der Waals surface area contributed by atoms with Crippen molar-refractivity contribution in [1.29, 1.82) is 0 Å². The molecule has 1 aliphatic rings. The number of nitrogens with zero attached hydrogens (tertiary/aromatic N) is 3. The van der Waals surface area contributed by atoms with Crippen molar-refractivity contribution in [3.63, 3.8) is 0 Å². The number of allylic oxidation sites excluding steroid dienone is 4. The highest BCUT2D eigenvalue weighted by Gasteiger charge is 2.22. The third kappa shape index (κ3) is 4.68. The van der Waals surface area contributed by atoms with Gasteiger partial charge in [-0.3, -0.25) is 0 Å². The van der Waals surface area contributed by atoms with E-state index in [-0.39, 0.29) is 6.04 Å². The van der Waals surface area contributed by atoms with Crippen molar-refractivity contribution in [3.8, 4) is 33.6 Å². The van der Waals surface area contributed by atoms with Gasteiger partial charge in [0, 0.05) is 43.8 Å². The molecule has 0 amide bonds. The Balaban J connectivity index is 1.13. The molecule has 4 nitrogen and oxygen atoms in total. The molecule has 3 aromatic heterocycles. The smallest absolute Gasteiger partial charge is 0.160 e. The fourth-order valence-electron chi connectivity index (χ4n) is 7.62. The first-order chi connectivity index (χ1) is 24.8. The summed E-state index contributed by atoms with van der Waals surface area (Å²) in [5.41, 5.74) is 11.4. The molecule has 9 aromatic rings. The van der Waals surface area contributed by atoms with Crippen molar-refractivity contribution in [3.05, 3.63) is 176 Å². The summed E-state index contributed by atoms with van der Waals surface area (Å²) in [7, 11) is 0. The molecule has 0 aliphatic heterocycles. The summed E-state index contributed by atoms with van der Waals surface area (Å²) in [6, 6.07) is 53.2. The van der Waals surface area contributed by atoms with Gasteiger partial charge in [0.15, 0.2) is 5.82 Å². The van der Waals surface area contributed by atoms with Crippen molar-refractivity contribution < 1.29 is 4.42 Å². The zero-order valence-corrected chi connectivity index (χ0v) is 27.2. The zero-order valence-electron chi connectivity index (χ0n) is 27.2. The molecule has 0 saturated heterocycles. The minimum Gasteiger partial charge on any atom is -0.456 e. The first-order valence-corrected chi connectivity index (χ1v) is 17.1. The molecule has 0 N–H and O–H groups in total. The molecule has 0 fully saturated rings. The fraction of sp³-hybridized carbons (Fsp3) is 0.0435. The van der Waals surface area contributed by atoms with Gasteiger partial charge in [-0.05, 0) is 53.9 Å². The highest BCUT2D eigenvalue weighted by molar-refractivity contribution is 6.15. The number of hydrogen-bond acceptors (Lipinski definition) is 3. The van der Waals surface area contributed by atoms with Gasteiger partial charge in [-0.25, -0.2) is 9.97 Å². The maximum atomic E-state index is 6.27. The standard InChI is InChI=1S/C46H31N3O/c1-3-13-30(14-4-1)35-21-12-23-42-45(35)38-20-7-9-22-41(38)49(42)34-18-11-17-33(27-34)46-47-39(31-15-5-2-6-16-31)29-40(48-46)32-25-26-37-36-19-8-10-24-43(36)50-44(37)28-32/h1-17,19-29,34H,18H2. The number of fused-ring (bicyclic) bond motifs is 6. The van der Waals surface area contributed by atoms with E-state index in [1.807, 2.05) is 24.3 Å². The second-order valence-corrected chi connectivity index (χ2v) is 12.9. The van der Waals surface area contributed by atoms with Crippen LogP contribution in [0.15, 0.2) is 174 Å². The lowest BCUT2D eigenvalue weighted by Crippen LogP contribution is -2.09. The van der Waals surface area contributed by atoms with Gasteiger partial charge in [-0.2, -0.15) is 0 Å². The molecule has 50 heavy (non-hydrogen) atoms. The van der Waals surface area contributed by atoms with Crippen molar-refractivity contribution in [2.24, 2.45) is 0 Å². The first kappa shape index (κ1) is 28.5. The molecule has 0 spiro atoms. The van der Waals surface area contributed by atoms with E-state index in [4.69, 9.17) is 14.4 Å². The molecule has 0 saturated carbocycles. The lowest BCUT2D eigenvalue weighted by atomic mass is 9.99. The second kappa shape index (κ2) is 11.6. The summed E-state index contributed by atoms with van der Waals surface area (Å²) in [6.45, 7) is 0. The molecular weight excluding hydrogens is 611 g/mol. The Labute approximate surface area is 289 Å². The van der Waals surface area contributed by atoms with Crippen molar-refractivity contribution in [2.45, 2.75) is 12.5 Å². The second-order valence-electron chi connectivity index (χ2n) is 12.9. The van der Waals surface area contributed by atoms with Crippen molar-refractivity contribution >= 4 is 49.3 Å². The van der Waals surface area contributed by atoms with E-state index < -0.39 is 0 Å². The molecule has 3 heterocycles. The van der Waals surface area contributed by atoms with E-state index in [9.17, 15) is 0 Å². The third-order valence-corrected chi connectivity index (χ3v) is 9.93. The van der Waals surface area contributed by atoms with Gasteiger partial charge >= 0.3 is 0 Å². The van der Waals surface area contributed by atoms with Crippen LogP contribution in [0.25, 0.3) is 83.0 Å². The molecular formula is C46H31N3O. The average Bonchev–Trinajstić information content (AvgIpc) is 3.74. The number of benzene rings is 6. The monoisotopic (exact) mass is 641 g/mol. The third-order valence-electron chi connectivity index (χ3n) is 9.93. The summed E-state index contributed by atoms with van der Waals surface area (Å²) in [6.07, 6.45) is 7.66. The molecule has 4 heteroatoms. The van der Waals surface area contributed by atoms with E-state index in [1.54, 1.807) is 0 Å². The van der Waals surface area contributed by atoms with Crippen molar-refractivity contribution in [1.82, 2.24) is 14.5 Å². The van der Waals surface area contributed by atoms with Crippen LogP contribution in [-0.2, 0) is 0 Å². The Morgan fingerprint density at radius 3 is 2.06 bits per heavy atom. The molecule has 10 rings (SSSR count). The predicted octanol–water partition coefficient (Wildman–Crippen LogP) is 12.1. The topological polar surface area (TPSA) is 43.9 Å². The zero-order chi connectivity index (χ0) is 33.0. The SMILES string of the molecule is C1=CC(c2nc(-c3ccccc3)cc(-c3ccc4c(c3)oc3ccccc34)n2)=CC(n2c3ccccc3c3c(-c4ccccc4)cccc32)C1. The molecule has 0 bridgehead atoms. The van der Waals surface area contributed by atoms with Gasteiger partial charge in [0.2, 0.25) is 0 Å². The van der Waals surface area contributed by atoms with Gasteiger partial charge in [-0.1, -0.05) is 133 Å². The van der Waals surface area contributed by atoms with Crippen LogP contribution in [0, 0.1) is 0 Å². The van der Waals surface area contributed by atoms with Gasteiger partial charge in [-0.15, -0.1) is 0 Å². The van der Waals surface area contributed by atoms with E-state index >= 15 is 0 Å². The van der Waals surface area contributed by atoms with Crippen molar-refractivity contribution in [2.75, 3.05) is 0 Å². The molecule has 236 valence electrons. The van der Waals surface area contributed by atoms with Gasteiger partial charge in [0.1, 0.15) is 11.2 Å². The van der Waals surface area contributed by atoms with Gasteiger partial charge in [0.25, 0.3) is 0 Å². The van der Waals surface area contributed by atoms with E-state index in [0.29, 0.717) is 5.82 Å². The Morgan fingerprint density at radius 2 is 1.22 bits per heavy atom. The quantitative estimate of drug-likeness (QED) is 0.188. The van der Waals surface area contributed by atoms with Crippen LogP contribution >= 0.6 is 0 Å².